The Morgan fingerprint density at radius 2 is 0.963 bits per heavy atom. The van der Waals surface area contributed by atoms with Crippen molar-refractivity contribution >= 4 is 36.4 Å². The van der Waals surface area contributed by atoms with Crippen molar-refractivity contribution in [1.82, 2.24) is 31.5 Å². The van der Waals surface area contributed by atoms with Gasteiger partial charge in [-0.2, -0.15) is 0 Å². The van der Waals surface area contributed by atoms with E-state index >= 15 is 0 Å². The summed E-state index contributed by atoms with van der Waals surface area (Å²) in [5, 5.41) is 90.2. The lowest BCUT2D eigenvalue weighted by Crippen LogP contribution is -2.70. The highest BCUT2D eigenvalue weighted by atomic mass is 16.8. The molecule has 11 N–H and O–H groups in total. The van der Waals surface area contributed by atoms with Crippen LogP contribution in [0, 0.1) is 0 Å². The first-order valence-corrected chi connectivity index (χ1v) is 35.3. The van der Waals surface area contributed by atoms with E-state index in [4.69, 9.17) is 56.8 Å². The second-order valence-electron chi connectivity index (χ2n) is 26.9. The summed E-state index contributed by atoms with van der Waals surface area (Å²) < 4.78 is 73.9. The van der Waals surface area contributed by atoms with Crippen molar-refractivity contribution in [3.05, 3.63) is 226 Å². The lowest BCUT2D eigenvalue weighted by atomic mass is 9.74. The number of ether oxygens (including phenoxy) is 12. The number of benzene rings is 6. The third kappa shape index (κ3) is 19.8. The Morgan fingerprint density at radius 3 is 1.48 bits per heavy atom. The Hall–Kier alpha value is -10.1. The molecule has 0 bridgehead atoms. The van der Waals surface area contributed by atoms with E-state index in [0.29, 0.717) is 33.4 Å². The van der Waals surface area contributed by atoms with Gasteiger partial charge in [0.1, 0.15) is 106 Å². The van der Waals surface area contributed by atoms with Crippen molar-refractivity contribution in [1.29, 1.82) is 0 Å². The number of fused-ring (bicyclic) bond motifs is 1. The second-order valence-corrected chi connectivity index (χ2v) is 26.9. The fourth-order valence-electron chi connectivity index (χ4n) is 13.7. The number of azide groups is 1. The smallest absolute Gasteiger partial charge is 0.412 e. The summed E-state index contributed by atoms with van der Waals surface area (Å²) in [5.74, 6) is -1.05. The van der Waals surface area contributed by atoms with Crippen LogP contribution in [0.2, 0.25) is 0 Å². The summed E-state index contributed by atoms with van der Waals surface area (Å²) in [7, 11) is 0. The molecular formula is C75H85N9O24. The Morgan fingerprint density at radius 1 is 0.500 bits per heavy atom. The molecule has 4 saturated heterocycles. The van der Waals surface area contributed by atoms with Gasteiger partial charge in [0.25, 0.3) is 5.91 Å². The first-order chi connectivity index (χ1) is 52.4. The van der Waals surface area contributed by atoms with Crippen molar-refractivity contribution in [2.45, 2.75) is 187 Å². The zero-order valence-electron chi connectivity index (χ0n) is 58.2. The molecule has 6 aromatic rings. The summed E-state index contributed by atoms with van der Waals surface area (Å²) in [4.78, 5) is 87.8. The Labute approximate surface area is 619 Å². The van der Waals surface area contributed by atoms with E-state index in [-0.39, 0.29) is 65.4 Å². The third-order valence-corrected chi connectivity index (χ3v) is 19.3. The van der Waals surface area contributed by atoms with Gasteiger partial charge in [0.2, 0.25) is 0 Å². The molecule has 6 aromatic carbocycles. The van der Waals surface area contributed by atoms with Gasteiger partial charge < -0.3 is 114 Å². The Balaban J connectivity index is 0.850. The molecule has 6 amide bonds. The van der Waals surface area contributed by atoms with Gasteiger partial charge in [-0.3, -0.25) is 9.69 Å². The van der Waals surface area contributed by atoms with Gasteiger partial charge in [0.15, 0.2) is 25.1 Å². The molecule has 0 spiro atoms. The molecule has 33 heteroatoms. The van der Waals surface area contributed by atoms with Crippen LogP contribution in [0.5, 0.6) is 0 Å². The van der Waals surface area contributed by atoms with Crippen molar-refractivity contribution in [3.8, 4) is 0 Å². The van der Waals surface area contributed by atoms with Gasteiger partial charge in [-0.05, 0) is 39.8 Å². The predicted octanol–water partition coefficient (Wildman–Crippen LogP) is 4.78. The van der Waals surface area contributed by atoms with Crippen molar-refractivity contribution < 1.29 is 116 Å². The highest BCUT2D eigenvalue weighted by Gasteiger charge is 2.59. The maximum atomic E-state index is 14.5. The molecule has 1 unspecified atom stereocenters. The number of carbonyl (C=O) groups is 6. The van der Waals surface area contributed by atoms with E-state index in [1.807, 2.05) is 0 Å². The number of carbonyl (C=O) groups excluding carboxylic acids is 6. The highest BCUT2D eigenvalue weighted by molar-refractivity contribution is 5.87. The molecule has 108 heavy (non-hydrogen) atoms. The van der Waals surface area contributed by atoms with Crippen LogP contribution in [0.1, 0.15) is 65.3 Å². The minimum atomic E-state index is -2.18. The third-order valence-electron chi connectivity index (χ3n) is 19.3. The van der Waals surface area contributed by atoms with E-state index < -0.39 is 177 Å². The van der Waals surface area contributed by atoms with Crippen LogP contribution in [0.25, 0.3) is 10.4 Å². The van der Waals surface area contributed by atoms with E-state index in [1.165, 1.54) is 4.90 Å². The quantitative estimate of drug-likeness (QED) is 0.0151. The number of amides is 6. The molecule has 0 radical (unpaired) electrons. The van der Waals surface area contributed by atoms with E-state index in [1.54, 1.807) is 182 Å². The molecule has 2 saturated carbocycles. The fourth-order valence-corrected chi connectivity index (χ4v) is 13.7. The predicted molar refractivity (Wildman–Crippen MR) is 373 cm³/mol. The molecule has 0 aromatic heterocycles. The van der Waals surface area contributed by atoms with Crippen LogP contribution >= 0.6 is 0 Å². The molecule has 4 heterocycles. The average molecular weight is 1500 g/mol. The van der Waals surface area contributed by atoms with Crippen LogP contribution in [0.15, 0.2) is 187 Å². The van der Waals surface area contributed by atoms with Gasteiger partial charge in [0, 0.05) is 35.8 Å². The number of nitrogens with zero attached hydrogens (tertiary/aromatic N) is 4. The monoisotopic (exact) mass is 1500 g/mol. The molecule has 19 atom stereocenters. The molecule has 6 fully saturated rings. The van der Waals surface area contributed by atoms with E-state index in [0.717, 1.165) is 0 Å². The van der Waals surface area contributed by atoms with Gasteiger partial charge in [-0.15, -0.1) is 0 Å². The lowest BCUT2D eigenvalue weighted by molar-refractivity contribution is -0.323. The Kier molecular flexibility index (Phi) is 26.3. The first-order valence-electron chi connectivity index (χ1n) is 35.3. The van der Waals surface area contributed by atoms with Crippen LogP contribution < -0.4 is 26.6 Å². The zero-order chi connectivity index (χ0) is 75.7. The maximum Gasteiger partial charge on any atom is 0.412 e. The summed E-state index contributed by atoms with van der Waals surface area (Å²) >= 11 is 0. The van der Waals surface area contributed by atoms with Crippen LogP contribution in [0.3, 0.4) is 0 Å². The molecule has 6 aliphatic rings. The van der Waals surface area contributed by atoms with Crippen molar-refractivity contribution in [3.63, 3.8) is 0 Å². The van der Waals surface area contributed by atoms with E-state index in [2.05, 4.69) is 36.6 Å². The summed E-state index contributed by atoms with van der Waals surface area (Å²) in [6.45, 7) is -2.63. The standard InChI is InChI=1S/C75H85N9O24/c76-83-77-35-50-31-53(86)56(81-72(93)99-40-45-23-11-3-12-24-45)66(102-50)106-61-52(80-71(92)98-39-44-21-9-2-10-22-44)32-51(79-69(90)75(96)33-49(34-75)78-70(91)97-38-43-19-7-1-8-20-43)58(87)64(61)108-68-60(89)63(55(37-85)104-68)107-67-57(82-73(94)100-41-46-25-13-4-14-26-46)59(88)62-54(103-67)36-84(65(105-62)48-29-17-6-18-30-48)74(95)101-42-47-27-15-5-16-28-47/h1-30,49-68,85-89,96H,31-42H2,(H,78,91)(H,79,90)(H,80,92)(H,81,93)(H,82,94)/t49?,50-,51+,52-,53+,54-,55+,56+,57+,58-,59+,60+,61+,62+,63+,64+,65?,66+,67+,68-,75?/m0/s1. The average Bonchev–Trinajstić information content (AvgIpc) is 1.13. The molecule has 4 aliphatic heterocycles. The molecular weight excluding hydrogens is 1410 g/mol. The largest absolute Gasteiger partial charge is 0.445 e. The molecule has 33 nitrogen and oxygen atoms in total. The highest BCUT2D eigenvalue weighted by Crippen LogP contribution is 2.41. The number of hydrogen-bond donors (Lipinski definition) is 11. The number of aliphatic hydroxyl groups excluding tert-OH is 5. The number of nitrogens with one attached hydrogen (secondary N) is 5. The number of alkyl carbamates (subject to hydrolysis) is 4. The summed E-state index contributed by atoms with van der Waals surface area (Å²) in [6, 6.07) is 45.1. The first kappa shape index (κ1) is 77.5. The number of rotatable bonds is 26. The van der Waals surface area contributed by atoms with Crippen LogP contribution in [-0.4, -0.2) is 213 Å². The normalized spacial score (nSPS) is 30.6. The van der Waals surface area contributed by atoms with Crippen LogP contribution in [0.4, 0.5) is 24.0 Å². The van der Waals surface area contributed by atoms with E-state index in [9.17, 15) is 64.9 Å². The number of hydrogen-bond acceptors (Lipinski definition) is 25. The SMILES string of the molecule is [N-]=[N+]=NC[C@@H]1C[C@@H](O)[C@@H](NC(=O)OCc2ccccc2)[C@@H](O[C@H]2[C@H](O[C@@H]3O[C@H](CO)[C@@H](O[C@H]4O[C@H]5CN(C(=O)OCc6ccccc6)C(c6ccccc6)O[C@H]5[C@H](O)[C@H]4NC(=O)OCc4ccccc4)[C@H]3O)[C@@H](O)[C@H](NC(=O)C3(O)CC(NC(=O)OCc4ccccc4)C3)C[C@@H]2NC(=O)OCc2ccccc2)O1. The second kappa shape index (κ2) is 36.7. The molecule has 2 aliphatic carbocycles. The summed E-state index contributed by atoms with van der Waals surface area (Å²) in [6.07, 6.45) is -31.8. The van der Waals surface area contributed by atoms with Gasteiger partial charge in [-0.1, -0.05) is 187 Å². The van der Waals surface area contributed by atoms with Crippen molar-refractivity contribution in [2.75, 3.05) is 19.7 Å². The maximum absolute atomic E-state index is 14.5. The van der Waals surface area contributed by atoms with Gasteiger partial charge in [0.05, 0.1) is 44.0 Å². The van der Waals surface area contributed by atoms with Gasteiger partial charge >= 0.3 is 30.5 Å². The van der Waals surface area contributed by atoms with Crippen molar-refractivity contribution in [2.24, 2.45) is 5.11 Å². The summed E-state index contributed by atoms with van der Waals surface area (Å²) in [5.41, 5.74) is 10.9. The fraction of sp³-hybridized carbons (Fsp3) is 0.440. The zero-order valence-corrected chi connectivity index (χ0v) is 58.2. The molecule has 12 rings (SSSR count). The number of aliphatic hydroxyl groups is 6. The minimum absolute atomic E-state index is 0.0695. The lowest BCUT2D eigenvalue weighted by Gasteiger charge is -2.51. The minimum Gasteiger partial charge on any atom is -0.445 e. The Bertz CT molecular complexity index is 3980. The van der Waals surface area contributed by atoms with Crippen LogP contribution in [-0.2, 0) is 94.7 Å². The van der Waals surface area contributed by atoms with Gasteiger partial charge in [-0.25, -0.2) is 24.0 Å². The topological polar surface area (TPSA) is 447 Å². The molecule has 574 valence electrons.